The van der Waals surface area contributed by atoms with Gasteiger partial charge in [-0.25, -0.2) is 4.79 Å². The van der Waals surface area contributed by atoms with Crippen molar-refractivity contribution in [3.8, 4) is 0 Å². The van der Waals surface area contributed by atoms with E-state index >= 15 is 0 Å². The number of fused-ring (bicyclic) bond motifs is 1. The standard InChI is InChI=1S/C21H16N2O3/c24-20(22-16-11-12-18-17(13-16)23-21(25)26-18)19(14-7-3-1-4-8-14)15-9-5-2-6-10-15/h1-13,19H,(H,22,24)(H,23,25). The van der Waals surface area contributed by atoms with Crippen LogP contribution in [0, 0.1) is 0 Å². The highest BCUT2D eigenvalue weighted by Gasteiger charge is 2.22. The number of hydrogen-bond acceptors (Lipinski definition) is 3. The third-order valence-corrected chi connectivity index (χ3v) is 4.21. The number of aromatic amines is 1. The molecule has 26 heavy (non-hydrogen) atoms. The lowest BCUT2D eigenvalue weighted by atomic mass is 9.90. The number of hydrogen-bond donors (Lipinski definition) is 2. The topological polar surface area (TPSA) is 75.1 Å². The van der Waals surface area contributed by atoms with Gasteiger partial charge in [-0.05, 0) is 29.3 Å². The predicted octanol–water partition coefficient (Wildman–Crippen LogP) is 3.89. The second-order valence-electron chi connectivity index (χ2n) is 5.97. The number of rotatable bonds is 4. The third-order valence-electron chi connectivity index (χ3n) is 4.21. The highest BCUT2D eigenvalue weighted by molar-refractivity contribution is 5.99. The van der Waals surface area contributed by atoms with Crippen molar-refractivity contribution in [3.05, 3.63) is 101 Å². The monoisotopic (exact) mass is 344 g/mol. The first-order chi connectivity index (χ1) is 12.7. The van der Waals surface area contributed by atoms with E-state index in [0.717, 1.165) is 11.1 Å². The first-order valence-electron chi connectivity index (χ1n) is 8.24. The molecule has 2 N–H and O–H groups in total. The lowest BCUT2D eigenvalue weighted by Gasteiger charge is -2.18. The summed E-state index contributed by atoms with van der Waals surface area (Å²) < 4.78 is 4.99. The van der Waals surface area contributed by atoms with Gasteiger partial charge >= 0.3 is 5.76 Å². The van der Waals surface area contributed by atoms with Gasteiger partial charge in [0.15, 0.2) is 5.58 Å². The second-order valence-corrected chi connectivity index (χ2v) is 5.97. The summed E-state index contributed by atoms with van der Waals surface area (Å²) in [5.41, 5.74) is 3.42. The van der Waals surface area contributed by atoms with Gasteiger partial charge in [0.05, 0.1) is 11.4 Å². The number of aromatic nitrogens is 1. The summed E-state index contributed by atoms with van der Waals surface area (Å²) in [4.78, 5) is 26.9. The number of nitrogens with one attached hydrogen (secondary N) is 2. The summed E-state index contributed by atoms with van der Waals surface area (Å²) in [5.74, 6) is -1.10. The van der Waals surface area contributed by atoms with Crippen molar-refractivity contribution in [2.45, 2.75) is 5.92 Å². The summed E-state index contributed by atoms with van der Waals surface area (Å²) in [7, 11) is 0. The number of H-pyrrole nitrogens is 1. The fourth-order valence-electron chi connectivity index (χ4n) is 3.03. The van der Waals surface area contributed by atoms with E-state index in [1.54, 1.807) is 18.2 Å². The molecule has 0 saturated carbocycles. The Morgan fingerprint density at radius 2 is 1.50 bits per heavy atom. The molecule has 0 spiro atoms. The summed E-state index contributed by atoms with van der Waals surface area (Å²) in [6.45, 7) is 0. The van der Waals surface area contributed by atoms with Crippen LogP contribution in [0.25, 0.3) is 11.1 Å². The van der Waals surface area contributed by atoms with Gasteiger partial charge in [-0.15, -0.1) is 0 Å². The van der Waals surface area contributed by atoms with Crippen LogP contribution in [-0.2, 0) is 4.79 Å². The molecule has 5 nitrogen and oxygen atoms in total. The second kappa shape index (κ2) is 6.72. The molecular formula is C21H16N2O3. The molecule has 0 aliphatic heterocycles. The molecule has 0 fully saturated rings. The van der Waals surface area contributed by atoms with E-state index in [1.165, 1.54) is 0 Å². The lowest BCUT2D eigenvalue weighted by molar-refractivity contribution is -0.116. The Morgan fingerprint density at radius 3 is 2.12 bits per heavy atom. The summed E-state index contributed by atoms with van der Waals surface area (Å²) in [6.07, 6.45) is 0. The Kier molecular flexibility index (Phi) is 4.11. The van der Waals surface area contributed by atoms with Crippen molar-refractivity contribution >= 4 is 22.7 Å². The maximum Gasteiger partial charge on any atom is 0.417 e. The molecule has 0 radical (unpaired) electrons. The summed E-state index contributed by atoms with van der Waals surface area (Å²) in [5, 5.41) is 2.94. The van der Waals surface area contributed by atoms with Crippen LogP contribution in [0.1, 0.15) is 17.0 Å². The van der Waals surface area contributed by atoms with Crippen LogP contribution in [0.4, 0.5) is 5.69 Å². The van der Waals surface area contributed by atoms with Crippen molar-refractivity contribution in [1.82, 2.24) is 4.98 Å². The molecule has 1 amide bonds. The third kappa shape index (κ3) is 3.15. The van der Waals surface area contributed by atoms with E-state index in [1.807, 2.05) is 60.7 Å². The molecule has 0 aliphatic rings. The number of oxazole rings is 1. The minimum Gasteiger partial charge on any atom is -0.408 e. The smallest absolute Gasteiger partial charge is 0.408 e. The quantitative estimate of drug-likeness (QED) is 0.590. The zero-order chi connectivity index (χ0) is 17.9. The van der Waals surface area contributed by atoms with Crippen LogP contribution >= 0.6 is 0 Å². The van der Waals surface area contributed by atoms with E-state index in [0.29, 0.717) is 16.8 Å². The van der Waals surface area contributed by atoms with Gasteiger partial charge in [-0.3, -0.25) is 9.78 Å². The van der Waals surface area contributed by atoms with Gasteiger partial charge in [-0.1, -0.05) is 60.7 Å². The molecular weight excluding hydrogens is 328 g/mol. The van der Waals surface area contributed by atoms with Crippen LogP contribution in [0.15, 0.2) is 88.1 Å². The van der Waals surface area contributed by atoms with E-state index in [2.05, 4.69) is 10.3 Å². The van der Waals surface area contributed by atoms with Crippen molar-refractivity contribution in [3.63, 3.8) is 0 Å². The maximum atomic E-state index is 13.0. The van der Waals surface area contributed by atoms with Crippen molar-refractivity contribution in [2.75, 3.05) is 5.32 Å². The fraction of sp³-hybridized carbons (Fsp3) is 0.0476. The largest absolute Gasteiger partial charge is 0.417 e. The Morgan fingerprint density at radius 1 is 0.885 bits per heavy atom. The minimum absolute atomic E-state index is 0.146. The number of carbonyl (C=O) groups excluding carboxylic acids is 1. The normalized spacial score (nSPS) is 11.0. The molecule has 0 unspecified atom stereocenters. The molecule has 5 heteroatoms. The van der Waals surface area contributed by atoms with Gasteiger partial charge in [0.2, 0.25) is 5.91 Å². The van der Waals surface area contributed by atoms with Gasteiger partial charge in [0.1, 0.15) is 0 Å². The van der Waals surface area contributed by atoms with Gasteiger partial charge < -0.3 is 9.73 Å². The number of benzene rings is 3. The van der Waals surface area contributed by atoms with Crippen LogP contribution in [0.5, 0.6) is 0 Å². The highest BCUT2D eigenvalue weighted by atomic mass is 16.4. The minimum atomic E-state index is -0.519. The average molecular weight is 344 g/mol. The van der Waals surface area contributed by atoms with Crippen molar-refractivity contribution < 1.29 is 9.21 Å². The van der Waals surface area contributed by atoms with E-state index < -0.39 is 11.7 Å². The van der Waals surface area contributed by atoms with E-state index in [9.17, 15) is 9.59 Å². The van der Waals surface area contributed by atoms with Crippen molar-refractivity contribution in [1.29, 1.82) is 0 Å². The van der Waals surface area contributed by atoms with Crippen LogP contribution in [0.2, 0.25) is 0 Å². The zero-order valence-corrected chi connectivity index (χ0v) is 13.8. The summed E-state index contributed by atoms with van der Waals surface area (Å²) in [6, 6.07) is 24.3. The molecule has 128 valence electrons. The number of carbonyl (C=O) groups is 1. The molecule has 4 aromatic rings. The Hall–Kier alpha value is -3.60. The molecule has 3 aromatic carbocycles. The molecule has 1 aromatic heterocycles. The van der Waals surface area contributed by atoms with Crippen LogP contribution < -0.4 is 11.1 Å². The SMILES string of the molecule is O=C(Nc1ccc2oc(=O)[nH]c2c1)C(c1ccccc1)c1ccccc1. The van der Waals surface area contributed by atoms with Gasteiger partial charge in [0.25, 0.3) is 0 Å². The lowest BCUT2D eigenvalue weighted by Crippen LogP contribution is -2.22. The highest BCUT2D eigenvalue weighted by Crippen LogP contribution is 2.27. The maximum absolute atomic E-state index is 13.0. The number of anilines is 1. The molecule has 0 aliphatic carbocycles. The molecule has 0 saturated heterocycles. The molecule has 1 heterocycles. The zero-order valence-electron chi connectivity index (χ0n) is 13.8. The van der Waals surface area contributed by atoms with E-state index in [-0.39, 0.29) is 5.91 Å². The van der Waals surface area contributed by atoms with Crippen LogP contribution in [-0.4, -0.2) is 10.9 Å². The van der Waals surface area contributed by atoms with Gasteiger partial charge in [-0.2, -0.15) is 0 Å². The molecule has 0 atom stereocenters. The fourth-order valence-corrected chi connectivity index (χ4v) is 3.03. The average Bonchev–Trinajstić information content (AvgIpc) is 3.03. The Balaban J connectivity index is 1.68. The number of amides is 1. The Labute approximate surface area is 149 Å². The van der Waals surface area contributed by atoms with E-state index in [4.69, 9.17) is 4.42 Å². The van der Waals surface area contributed by atoms with Crippen LogP contribution in [0.3, 0.4) is 0 Å². The Bertz CT molecular complexity index is 1060. The van der Waals surface area contributed by atoms with Gasteiger partial charge in [0, 0.05) is 5.69 Å². The first-order valence-corrected chi connectivity index (χ1v) is 8.24. The predicted molar refractivity (Wildman–Crippen MR) is 100 cm³/mol. The molecule has 0 bridgehead atoms. The van der Waals surface area contributed by atoms with Crippen molar-refractivity contribution in [2.24, 2.45) is 0 Å². The molecule has 4 rings (SSSR count). The first kappa shape index (κ1) is 15.9. The summed E-state index contributed by atoms with van der Waals surface area (Å²) >= 11 is 0.